The van der Waals surface area contributed by atoms with Crippen molar-refractivity contribution in [1.29, 1.82) is 0 Å². The molecule has 3 rings (SSSR count). The molecule has 4 nitrogen and oxygen atoms in total. The number of carbonyl (C=O) groups excluding carboxylic acids is 1. The van der Waals surface area contributed by atoms with Crippen molar-refractivity contribution in [2.45, 2.75) is 83.3 Å². The van der Waals surface area contributed by atoms with Crippen LogP contribution in [0.25, 0.3) is 0 Å². The molecule has 2 aliphatic carbocycles. The van der Waals surface area contributed by atoms with Crippen molar-refractivity contribution in [2.75, 3.05) is 19.7 Å². The molecule has 146 valence electrons. The van der Waals surface area contributed by atoms with Crippen LogP contribution in [0.1, 0.15) is 71.1 Å². The molecule has 2 saturated carbocycles. The SMILES string of the molecule is CC1CCCC(OCCCCCC(=O)N2CC3CCC(N)C3C2)C1.Cl. The fourth-order valence-corrected chi connectivity index (χ4v) is 5.00. The number of hydrogen-bond acceptors (Lipinski definition) is 3. The summed E-state index contributed by atoms with van der Waals surface area (Å²) in [5, 5.41) is 0. The summed E-state index contributed by atoms with van der Waals surface area (Å²) in [5.74, 6) is 2.42. The van der Waals surface area contributed by atoms with Crippen molar-refractivity contribution in [3.8, 4) is 0 Å². The molecule has 0 bridgehead atoms. The van der Waals surface area contributed by atoms with E-state index in [0.29, 0.717) is 36.3 Å². The van der Waals surface area contributed by atoms with Crippen LogP contribution in [0.3, 0.4) is 0 Å². The summed E-state index contributed by atoms with van der Waals surface area (Å²) in [7, 11) is 0. The second-order valence-corrected chi connectivity index (χ2v) is 8.54. The Balaban J connectivity index is 0.00000225. The van der Waals surface area contributed by atoms with E-state index in [0.717, 1.165) is 51.3 Å². The van der Waals surface area contributed by atoms with E-state index >= 15 is 0 Å². The number of carbonyl (C=O) groups is 1. The molecule has 5 unspecified atom stereocenters. The van der Waals surface area contributed by atoms with Gasteiger partial charge in [0, 0.05) is 32.2 Å². The topological polar surface area (TPSA) is 55.6 Å². The molecule has 5 heteroatoms. The summed E-state index contributed by atoms with van der Waals surface area (Å²) in [4.78, 5) is 14.4. The Morgan fingerprint density at radius 2 is 1.96 bits per heavy atom. The van der Waals surface area contributed by atoms with Crippen molar-refractivity contribution in [3.63, 3.8) is 0 Å². The van der Waals surface area contributed by atoms with Gasteiger partial charge in [-0.25, -0.2) is 0 Å². The van der Waals surface area contributed by atoms with Crippen LogP contribution in [0.2, 0.25) is 0 Å². The smallest absolute Gasteiger partial charge is 0.222 e. The molecular weight excluding hydrogens is 336 g/mol. The van der Waals surface area contributed by atoms with Gasteiger partial charge in [0.15, 0.2) is 0 Å². The number of halogens is 1. The van der Waals surface area contributed by atoms with Crippen molar-refractivity contribution in [1.82, 2.24) is 4.90 Å². The zero-order chi connectivity index (χ0) is 16.9. The highest BCUT2D eigenvalue weighted by atomic mass is 35.5. The number of fused-ring (bicyclic) bond motifs is 1. The van der Waals surface area contributed by atoms with E-state index in [4.69, 9.17) is 10.5 Å². The Morgan fingerprint density at radius 3 is 2.72 bits per heavy atom. The molecule has 3 aliphatic rings. The quantitative estimate of drug-likeness (QED) is 0.692. The first kappa shape index (κ1) is 21.0. The van der Waals surface area contributed by atoms with Gasteiger partial charge in [-0.3, -0.25) is 4.79 Å². The van der Waals surface area contributed by atoms with E-state index < -0.39 is 0 Å². The van der Waals surface area contributed by atoms with Crippen molar-refractivity contribution in [2.24, 2.45) is 23.5 Å². The van der Waals surface area contributed by atoms with Gasteiger partial charge in [0.05, 0.1) is 6.10 Å². The van der Waals surface area contributed by atoms with E-state index in [-0.39, 0.29) is 12.4 Å². The largest absolute Gasteiger partial charge is 0.378 e. The Morgan fingerprint density at radius 1 is 1.12 bits per heavy atom. The maximum absolute atomic E-state index is 12.4. The fraction of sp³-hybridized carbons (Fsp3) is 0.950. The third-order valence-electron chi connectivity index (χ3n) is 6.54. The minimum Gasteiger partial charge on any atom is -0.378 e. The van der Waals surface area contributed by atoms with Gasteiger partial charge < -0.3 is 15.4 Å². The Labute approximate surface area is 159 Å². The molecule has 0 spiro atoms. The van der Waals surface area contributed by atoms with Gasteiger partial charge in [0.1, 0.15) is 0 Å². The molecule has 0 aromatic heterocycles. The Bertz CT molecular complexity index is 421. The van der Waals surface area contributed by atoms with Gasteiger partial charge in [-0.05, 0) is 56.3 Å². The maximum atomic E-state index is 12.4. The lowest BCUT2D eigenvalue weighted by Gasteiger charge is -2.26. The summed E-state index contributed by atoms with van der Waals surface area (Å²) in [6, 6.07) is 0.326. The van der Waals surface area contributed by atoms with Gasteiger partial charge in [-0.1, -0.05) is 26.2 Å². The second kappa shape index (κ2) is 10.1. The predicted octanol–water partition coefficient (Wildman–Crippen LogP) is 3.76. The molecule has 1 heterocycles. The lowest BCUT2D eigenvalue weighted by Crippen LogP contribution is -2.33. The van der Waals surface area contributed by atoms with E-state index in [2.05, 4.69) is 11.8 Å². The summed E-state index contributed by atoms with van der Waals surface area (Å²) in [5.41, 5.74) is 6.16. The average Bonchev–Trinajstić information content (AvgIpc) is 3.13. The molecular formula is C20H37ClN2O2. The number of ether oxygens (including phenoxy) is 1. The normalized spacial score (nSPS) is 34.6. The number of hydrogen-bond donors (Lipinski definition) is 1. The van der Waals surface area contributed by atoms with E-state index in [1.165, 1.54) is 32.1 Å². The highest BCUT2D eigenvalue weighted by Gasteiger charge is 2.42. The van der Waals surface area contributed by atoms with Crippen molar-refractivity contribution >= 4 is 18.3 Å². The first-order chi connectivity index (χ1) is 11.6. The lowest BCUT2D eigenvalue weighted by atomic mass is 9.89. The zero-order valence-corrected chi connectivity index (χ0v) is 16.6. The molecule has 5 atom stereocenters. The average molecular weight is 373 g/mol. The zero-order valence-electron chi connectivity index (χ0n) is 15.8. The van der Waals surface area contributed by atoms with Crippen LogP contribution in [0.4, 0.5) is 0 Å². The van der Waals surface area contributed by atoms with E-state index in [1.807, 2.05) is 0 Å². The molecule has 3 fully saturated rings. The Kier molecular flexibility index (Phi) is 8.50. The monoisotopic (exact) mass is 372 g/mol. The third kappa shape index (κ3) is 5.83. The van der Waals surface area contributed by atoms with Crippen LogP contribution in [-0.2, 0) is 9.53 Å². The van der Waals surface area contributed by atoms with Crippen LogP contribution in [-0.4, -0.2) is 42.6 Å². The number of unbranched alkanes of at least 4 members (excludes halogenated alkanes) is 2. The molecule has 25 heavy (non-hydrogen) atoms. The number of rotatable bonds is 7. The van der Waals surface area contributed by atoms with Gasteiger partial charge in [-0.15, -0.1) is 12.4 Å². The maximum Gasteiger partial charge on any atom is 0.222 e. The molecule has 1 saturated heterocycles. The molecule has 2 N–H and O–H groups in total. The first-order valence-electron chi connectivity index (χ1n) is 10.3. The second-order valence-electron chi connectivity index (χ2n) is 8.54. The fourth-order valence-electron chi connectivity index (χ4n) is 5.00. The molecule has 0 aromatic carbocycles. The summed E-state index contributed by atoms with van der Waals surface area (Å²) >= 11 is 0. The van der Waals surface area contributed by atoms with Crippen LogP contribution in [0.15, 0.2) is 0 Å². The minimum atomic E-state index is 0. The van der Waals surface area contributed by atoms with E-state index in [1.54, 1.807) is 0 Å². The number of nitrogens with zero attached hydrogens (tertiary/aromatic N) is 1. The van der Waals surface area contributed by atoms with E-state index in [9.17, 15) is 4.79 Å². The lowest BCUT2D eigenvalue weighted by molar-refractivity contribution is -0.130. The molecule has 1 amide bonds. The minimum absolute atomic E-state index is 0. The van der Waals surface area contributed by atoms with Gasteiger partial charge in [0.2, 0.25) is 5.91 Å². The highest BCUT2D eigenvalue weighted by Crippen LogP contribution is 2.37. The number of likely N-dealkylation sites (tertiary alicyclic amines) is 1. The summed E-state index contributed by atoms with van der Waals surface area (Å²) < 4.78 is 6.01. The Hall–Kier alpha value is -0.320. The number of amides is 1. The molecule has 0 aromatic rings. The molecule has 1 aliphatic heterocycles. The van der Waals surface area contributed by atoms with Gasteiger partial charge in [-0.2, -0.15) is 0 Å². The third-order valence-corrected chi connectivity index (χ3v) is 6.54. The van der Waals surface area contributed by atoms with Crippen molar-refractivity contribution in [3.05, 3.63) is 0 Å². The summed E-state index contributed by atoms with van der Waals surface area (Å²) in [6.07, 6.45) is 11.9. The van der Waals surface area contributed by atoms with Gasteiger partial charge >= 0.3 is 0 Å². The van der Waals surface area contributed by atoms with Crippen LogP contribution in [0.5, 0.6) is 0 Å². The van der Waals surface area contributed by atoms with Crippen LogP contribution < -0.4 is 5.73 Å². The first-order valence-corrected chi connectivity index (χ1v) is 10.3. The molecule has 0 radical (unpaired) electrons. The highest BCUT2D eigenvalue weighted by molar-refractivity contribution is 5.85. The number of nitrogens with two attached hydrogens (primary N) is 1. The van der Waals surface area contributed by atoms with Crippen LogP contribution >= 0.6 is 12.4 Å². The van der Waals surface area contributed by atoms with Crippen LogP contribution in [0, 0.1) is 17.8 Å². The van der Waals surface area contributed by atoms with Crippen molar-refractivity contribution < 1.29 is 9.53 Å². The summed E-state index contributed by atoms with van der Waals surface area (Å²) in [6.45, 7) is 5.07. The van der Waals surface area contributed by atoms with Gasteiger partial charge in [0.25, 0.3) is 0 Å². The standard InChI is InChI=1S/C20H36N2O2.ClH/c1-15-6-5-7-17(12-15)24-11-4-2-3-8-20(23)22-13-16-9-10-19(21)18(16)14-22;/h15-19H,2-14,21H2,1H3;1H. The predicted molar refractivity (Wildman–Crippen MR) is 104 cm³/mol.